The van der Waals surface area contributed by atoms with Crippen molar-refractivity contribution in [2.75, 3.05) is 19.4 Å². The van der Waals surface area contributed by atoms with Gasteiger partial charge in [0.1, 0.15) is 0 Å². The van der Waals surface area contributed by atoms with Crippen molar-refractivity contribution in [3.05, 3.63) is 53.4 Å². The molecule has 27 heavy (non-hydrogen) atoms. The highest BCUT2D eigenvalue weighted by molar-refractivity contribution is 7.91. The molecule has 9 heteroatoms. The van der Waals surface area contributed by atoms with Gasteiger partial charge in [-0.2, -0.15) is 0 Å². The minimum Gasteiger partial charge on any atom is -0.393 e. The molecule has 0 amide bonds. The van der Waals surface area contributed by atoms with Crippen LogP contribution in [0.3, 0.4) is 0 Å². The quantitative estimate of drug-likeness (QED) is 0.282. The maximum Gasteiger partial charge on any atom is 0.178 e. The Hall–Kier alpha value is -1.90. The minimum atomic E-state index is -3.53. The Balaban J connectivity index is 2.20. The molecule has 0 aromatic heterocycles. The second-order valence-corrected chi connectivity index (χ2v) is 8.53. The zero-order valence-electron chi connectivity index (χ0n) is 15.2. The minimum absolute atomic E-state index is 0.0775. The molecule has 0 saturated carbocycles. The lowest BCUT2D eigenvalue weighted by atomic mass is 9.94. The normalized spacial score (nSPS) is 26.3. The summed E-state index contributed by atoms with van der Waals surface area (Å²) in [6.45, 7) is 3.64. The summed E-state index contributed by atoms with van der Waals surface area (Å²) in [6, 6.07) is 8.26. The van der Waals surface area contributed by atoms with Gasteiger partial charge in [-0.05, 0) is 24.1 Å². The number of nitrogens with zero attached hydrogens (tertiary/aromatic N) is 3. The summed E-state index contributed by atoms with van der Waals surface area (Å²) in [5.41, 5.74) is 8.38. The molecule has 0 radical (unpaired) electrons. The topological polar surface area (TPSA) is 122 Å². The van der Waals surface area contributed by atoms with Gasteiger partial charge in [0.25, 0.3) is 0 Å². The van der Waals surface area contributed by atoms with Gasteiger partial charge in [-0.3, -0.25) is 0 Å². The fourth-order valence-corrected chi connectivity index (χ4v) is 5.13. The number of azide groups is 1. The molecule has 1 saturated heterocycles. The third-order valence-corrected chi connectivity index (χ3v) is 6.48. The summed E-state index contributed by atoms with van der Waals surface area (Å²) < 4.78 is 37.2. The fraction of sp³-hybridized carbons (Fsp3) is 0.556. The SMILES string of the molecule is C=CC[C@@H]1O[C@H](C[C@H](O)CN=[N+]=[N-])[C@H](OC)[C@H]1CS(=O)(=O)c1ccccc1. The molecule has 1 aliphatic heterocycles. The highest BCUT2D eigenvalue weighted by atomic mass is 32.2. The molecular weight excluding hydrogens is 370 g/mol. The van der Waals surface area contributed by atoms with Gasteiger partial charge in [-0.15, -0.1) is 6.58 Å². The van der Waals surface area contributed by atoms with E-state index in [4.69, 9.17) is 15.0 Å². The average molecular weight is 395 g/mol. The Kier molecular flexibility index (Phi) is 7.82. The molecule has 8 nitrogen and oxygen atoms in total. The van der Waals surface area contributed by atoms with Crippen molar-refractivity contribution in [2.45, 2.75) is 42.2 Å². The lowest BCUT2D eigenvalue weighted by Gasteiger charge is -2.23. The van der Waals surface area contributed by atoms with Crippen LogP contribution in [0.25, 0.3) is 10.4 Å². The van der Waals surface area contributed by atoms with Crippen LogP contribution in [0, 0.1) is 5.92 Å². The number of methoxy groups -OCH3 is 1. The van der Waals surface area contributed by atoms with Crippen molar-refractivity contribution in [3.8, 4) is 0 Å². The van der Waals surface area contributed by atoms with Gasteiger partial charge in [0.15, 0.2) is 9.84 Å². The first-order valence-corrected chi connectivity index (χ1v) is 10.3. The molecule has 1 heterocycles. The van der Waals surface area contributed by atoms with E-state index in [2.05, 4.69) is 16.6 Å². The molecule has 1 aromatic rings. The van der Waals surface area contributed by atoms with Crippen LogP contribution >= 0.6 is 0 Å². The zero-order valence-corrected chi connectivity index (χ0v) is 16.0. The number of ether oxygens (including phenoxy) is 2. The first kappa shape index (κ1) is 21.4. The van der Waals surface area contributed by atoms with E-state index >= 15 is 0 Å². The van der Waals surface area contributed by atoms with Gasteiger partial charge in [0.05, 0.1) is 41.6 Å². The molecule has 1 aliphatic rings. The second kappa shape index (κ2) is 9.87. The Morgan fingerprint density at radius 1 is 1.41 bits per heavy atom. The Morgan fingerprint density at radius 2 is 2.11 bits per heavy atom. The lowest BCUT2D eigenvalue weighted by Crippen LogP contribution is -2.36. The van der Waals surface area contributed by atoms with E-state index in [9.17, 15) is 13.5 Å². The first-order valence-electron chi connectivity index (χ1n) is 8.68. The number of sulfone groups is 1. The number of aliphatic hydroxyl groups is 1. The largest absolute Gasteiger partial charge is 0.393 e. The number of benzene rings is 1. The molecule has 0 unspecified atom stereocenters. The van der Waals surface area contributed by atoms with Crippen LogP contribution in [-0.2, 0) is 19.3 Å². The van der Waals surface area contributed by atoms with Crippen molar-refractivity contribution >= 4 is 9.84 Å². The summed E-state index contributed by atoms with van der Waals surface area (Å²) in [6.07, 6.45) is 0.0531. The molecule has 0 spiro atoms. The number of hydrogen-bond donors (Lipinski definition) is 1. The summed E-state index contributed by atoms with van der Waals surface area (Å²) in [5.74, 6) is -0.536. The molecule has 1 fully saturated rings. The Morgan fingerprint density at radius 3 is 2.70 bits per heavy atom. The Labute approximate surface area is 159 Å². The average Bonchev–Trinajstić information content (AvgIpc) is 2.96. The van der Waals surface area contributed by atoms with E-state index in [0.29, 0.717) is 6.42 Å². The van der Waals surface area contributed by atoms with Gasteiger partial charge >= 0.3 is 0 Å². The van der Waals surface area contributed by atoms with E-state index in [0.717, 1.165) is 0 Å². The van der Waals surface area contributed by atoms with E-state index in [-0.39, 0.29) is 29.7 Å². The van der Waals surface area contributed by atoms with Crippen LogP contribution in [0.4, 0.5) is 0 Å². The van der Waals surface area contributed by atoms with E-state index in [1.165, 1.54) is 7.11 Å². The summed E-state index contributed by atoms with van der Waals surface area (Å²) >= 11 is 0. The monoisotopic (exact) mass is 395 g/mol. The van der Waals surface area contributed by atoms with E-state index in [1.807, 2.05) is 0 Å². The molecule has 0 aliphatic carbocycles. The van der Waals surface area contributed by atoms with Gasteiger partial charge in [0.2, 0.25) is 0 Å². The van der Waals surface area contributed by atoms with Crippen LogP contribution in [0.2, 0.25) is 0 Å². The van der Waals surface area contributed by atoms with Crippen LogP contribution < -0.4 is 0 Å². The molecule has 148 valence electrons. The molecule has 0 bridgehead atoms. The van der Waals surface area contributed by atoms with Crippen molar-refractivity contribution < 1.29 is 23.0 Å². The lowest BCUT2D eigenvalue weighted by molar-refractivity contribution is -0.0294. The van der Waals surface area contributed by atoms with E-state index < -0.39 is 34.1 Å². The number of hydrogen-bond acceptors (Lipinski definition) is 6. The highest BCUT2D eigenvalue weighted by Crippen LogP contribution is 2.35. The third-order valence-electron chi connectivity index (χ3n) is 4.66. The van der Waals surface area contributed by atoms with Crippen molar-refractivity contribution in [3.63, 3.8) is 0 Å². The van der Waals surface area contributed by atoms with Gasteiger partial charge in [-0.25, -0.2) is 8.42 Å². The van der Waals surface area contributed by atoms with Crippen molar-refractivity contribution in [1.82, 2.24) is 0 Å². The van der Waals surface area contributed by atoms with Gasteiger partial charge < -0.3 is 14.6 Å². The highest BCUT2D eigenvalue weighted by Gasteiger charge is 2.46. The van der Waals surface area contributed by atoms with Crippen LogP contribution in [-0.4, -0.2) is 57.3 Å². The third kappa shape index (κ3) is 5.54. The smallest absolute Gasteiger partial charge is 0.178 e. The van der Waals surface area contributed by atoms with Crippen LogP contribution in [0.5, 0.6) is 0 Å². The van der Waals surface area contributed by atoms with E-state index in [1.54, 1.807) is 36.4 Å². The van der Waals surface area contributed by atoms with Crippen molar-refractivity contribution in [1.29, 1.82) is 0 Å². The molecule has 2 rings (SSSR count). The fourth-order valence-electron chi connectivity index (χ4n) is 3.45. The molecule has 5 atom stereocenters. The summed E-state index contributed by atoms with van der Waals surface area (Å²) in [5, 5.41) is 13.4. The van der Waals surface area contributed by atoms with Crippen LogP contribution in [0.15, 0.2) is 53.0 Å². The van der Waals surface area contributed by atoms with Crippen LogP contribution in [0.1, 0.15) is 12.8 Å². The predicted molar refractivity (Wildman–Crippen MR) is 101 cm³/mol. The van der Waals surface area contributed by atoms with Gasteiger partial charge in [-0.1, -0.05) is 29.4 Å². The molecular formula is C18H25N3O5S. The summed E-state index contributed by atoms with van der Waals surface area (Å²) in [4.78, 5) is 2.88. The zero-order chi connectivity index (χ0) is 19.9. The first-order chi connectivity index (χ1) is 12.9. The summed E-state index contributed by atoms with van der Waals surface area (Å²) in [7, 11) is -2.03. The number of rotatable bonds is 10. The number of aliphatic hydroxyl groups excluding tert-OH is 1. The Bertz CT molecular complexity index is 764. The molecule has 1 N–H and O–H groups in total. The second-order valence-electron chi connectivity index (χ2n) is 6.50. The maximum atomic E-state index is 12.8. The maximum absolute atomic E-state index is 12.8. The standard InChI is InChI=1S/C18H25N3O5S/c1-3-7-16-15(12-27(23,24)14-8-5-4-6-9-14)18(25-2)17(26-16)10-13(22)11-20-21-19/h3-6,8-9,13,15-18,22H,1,7,10-12H2,2H3/t13-,15-,16-,17+,18+/m0/s1. The van der Waals surface area contributed by atoms with Gasteiger partial charge in [0, 0.05) is 24.4 Å². The van der Waals surface area contributed by atoms with Crippen molar-refractivity contribution in [2.24, 2.45) is 11.0 Å². The molecule has 1 aromatic carbocycles. The predicted octanol–water partition coefficient (Wildman–Crippen LogP) is 2.50.